The molecule has 0 saturated carbocycles. The number of furan rings is 1. The molecule has 0 N–H and O–H groups in total. The van der Waals surface area contributed by atoms with Gasteiger partial charge in [0.15, 0.2) is 0 Å². The van der Waals surface area contributed by atoms with Gasteiger partial charge in [0.2, 0.25) is 5.71 Å². The zero-order valence-corrected chi connectivity index (χ0v) is 18.5. The second kappa shape index (κ2) is 6.04. The second-order valence-corrected chi connectivity index (χ2v) is 9.30. The highest BCUT2D eigenvalue weighted by Gasteiger charge is 2.37. The molecule has 5 aromatic rings. The van der Waals surface area contributed by atoms with Crippen molar-refractivity contribution in [3.8, 4) is 22.5 Å². The first kappa shape index (κ1) is 18.3. The monoisotopic (exact) mass is 404 g/mol. The van der Waals surface area contributed by atoms with Crippen LogP contribution in [-0.2, 0) is 5.41 Å². The van der Waals surface area contributed by atoms with Crippen molar-refractivity contribution in [2.24, 2.45) is 0 Å². The molecule has 1 aliphatic carbocycles. The zero-order valence-electron chi connectivity index (χ0n) is 18.5. The molecule has 0 spiro atoms. The normalized spacial score (nSPS) is 14.2. The average molecular weight is 405 g/mol. The van der Waals surface area contributed by atoms with Gasteiger partial charge in [-0.1, -0.05) is 50.2 Å². The van der Waals surface area contributed by atoms with E-state index in [9.17, 15) is 0 Å². The molecule has 0 fully saturated rings. The molecule has 3 heteroatoms. The minimum Gasteiger partial charge on any atom is -0.437 e. The van der Waals surface area contributed by atoms with E-state index in [0.29, 0.717) is 5.71 Å². The van der Waals surface area contributed by atoms with Crippen molar-refractivity contribution in [2.45, 2.75) is 40.0 Å². The molecule has 0 unspecified atom stereocenters. The maximum Gasteiger partial charge on any atom is 0.227 e. The number of pyridine rings is 2. The summed E-state index contributed by atoms with van der Waals surface area (Å²) in [4.78, 5) is 9.76. The molecular formula is C28H24N2O. The molecule has 0 atom stereocenters. The Morgan fingerprint density at radius 3 is 2.42 bits per heavy atom. The molecule has 31 heavy (non-hydrogen) atoms. The van der Waals surface area contributed by atoms with Crippen LogP contribution in [0.3, 0.4) is 0 Å². The Labute approximate surface area is 181 Å². The van der Waals surface area contributed by atoms with Gasteiger partial charge in [-0.3, -0.25) is 4.98 Å². The fourth-order valence-electron chi connectivity index (χ4n) is 5.00. The Morgan fingerprint density at radius 2 is 1.61 bits per heavy atom. The van der Waals surface area contributed by atoms with E-state index < -0.39 is 0 Å². The third-order valence-electron chi connectivity index (χ3n) is 7.00. The second-order valence-electron chi connectivity index (χ2n) is 9.30. The predicted octanol–water partition coefficient (Wildman–Crippen LogP) is 7.27. The molecule has 6 rings (SSSR count). The molecule has 1 aliphatic rings. The van der Waals surface area contributed by atoms with E-state index in [4.69, 9.17) is 14.4 Å². The van der Waals surface area contributed by atoms with E-state index in [1.165, 1.54) is 27.8 Å². The predicted molar refractivity (Wildman–Crippen MR) is 127 cm³/mol. The number of aryl methyl sites for hydroxylation is 3. The van der Waals surface area contributed by atoms with Crippen LogP contribution in [0.25, 0.3) is 44.6 Å². The van der Waals surface area contributed by atoms with E-state index in [1.54, 1.807) is 0 Å². The van der Waals surface area contributed by atoms with Crippen molar-refractivity contribution < 1.29 is 4.42 Å². The molecule has 0 aliphatic heterocycles. The van der Waals surface area contributed by atoms with Crippen LogP contribution in [0.5, 0.6) is 0 Å². The van der Waals surface area contributed by atoms with Crippen LogP contribution in [0.2, 0.25) is 0 Å². The van der Waals surface area contributed by atoms with Gasteiger partial charge in [0.05, 0.1) is 11.4 Å². The number of fused-ring (bicyclic) bond motifs is 6. The Kier molecular flexibility index (Phi) is 3.57. The van der Waals surface area contributed by atoms with E-state index >= 15 is 0 Å². The van der Waals surface area contributed by atoms with Gasteiger partial charge >= 0.3 is 0 Å². The van der Waals surface area contributed by atoms with Crippen LogP contribution < -0.4 is 0 Å². The Hall–Kier alpha value is -3.46. The van der Waals surface area contributed by atoms with E-state index in [1.807, 2.05) is 6.20 Å². The highest BCUT2D eigenvalue weighted by atomic mass is 16.3. The topological polar surface area (TPSA) is 38.9 Å². The first-order valence-corrected chi connectivity index (χ1v) is 10.8. The number of hydrogen-bond acceptors (Lipinski definition) is 3. The van der Waals surface area contributed by atoms with Gasteiger partial charge < -0.3 is 4.42 Å². The summed E-state index contributed by atoms with van der Waals surface area (Å²) in [7, 11) is 0. The molecule has 0 radical (unpaired) electrons. The van der Waals surface area contributed by atoms with Gasteiger partial charge in [0.25, 0.3) is 0 Å². The molecule has 3 nitrogen and oxygen atoms in total. The molecule has 0 amide bonds. The van der Waals surface area contributed by atoms with Crippen LogP contribution in [-0.4, -0.2) is 9.97 Å². The highest BCUT2D eigenvalue weighted by molar-refractivity contribution is 6.10. The first-order valence-electron chi connectivity index (χ1n) is 10.8. The smallest absolute Gasteiger partial charge is 0.227 e. The summed E-state index contributed by atoms with van der Waals surface area (Å²) < 4.78 is 6.45. The standard InChI is InChI=1S/C28H24N2O/c1-15-10-11-18-20-13-22-25(19-8-6-7-9-21(19)28(22,4)5)30-27(20)31-26(18)24(15)23-12-16(2)17(3)14-29-23/h6-14H,1-5H3. The van der Waals surface area contributed by atoms with Crippen LogP contribution in [0, 0.1) is 20.8 Å². The summed E-state index contributed by atoms with van der Waals surface area (Å²) in [5, 5.41) is 2.16. The quantitative estimate of drug-likeness (QED) is 0.295. The molecule has 3 aromatic heterocycles. The Morgan fingerprint density at radius 1 is 0.806 bits per heavy atom. The van der Waals surface area contributed by atoms with Gasteiger partial charge in [-0.05, 0) is 60.7 Å². The Balaban J connectivity index is 1.68. The minimum absolute atomic E-state index is 0.0835. The van der Waals surface area contributed by atoms with Gasteiger partial charge in [-0.2, -0.15) is 0 Å². The third kappa shape index (κ3) is 2.40. The summed E-state index contributed by atoms with van der Waals surface area (Å²) in [5.74, 6) is 0. The van der Waals surface area contributed by atoms with E-state index in [-0.39, 0.29) is 5.41 Å². The fourth-order valence-corrected chi connectivity index (χ4v) is 5.00. The average Bonchev–Trinajstić information content (AvgIpc) is 3.22. The maximum absolute atomic E-state index is 6.45. The molecule has 152 valence electrons. The van der Waals surface area contributed by atoms with Crippen molar-refractivity contribution >= 4 is 22.1 Å². The van der Waals surface area contributed by atoms with E-state index in [2.05, 4.69) is 83.1 Å². The fraction of sp³-hybridized carbons (Fsp3) is 0.214. The number of nitrogens with zero attached hydrogens (tertiary/aromatic N) is 2. The lowest BCUT2D eigenvalue weighted by molar-refractivity contribution is 0.647. The lowest BCUT2D eigenvalue weighted by atomic mass is 9.82. The molecular weight excluding hydrogens is 380 g/mol. The number of hydrogen-bond donors (Lipinski definition) is 0. The third-order valence-corrected chi connectivity index (χ3v) is 7.00. The number of aromatic nitrogens is 2. The van der Waals surface area contributed by atoms with Crippen molar-refractivity contribution in [1.29, 1.82) is 0 Å². The van der Waals surface area contributed by atoms with E-state index in [0.717, 1.165) is 38.9 Å². The summed E-state index contributed by atoms with van der Waals surface area (Å²) in [6.07, 6.45) is 1.94. The summed E-state index contributed by atoms with van der Waals surface area (Å²) in [6.45, 7) is 10.9. The van der Waals surface area contributed by atoms with Crippen LogP contribution >= 0.6 is 0 Å². The molecule has 2 aromatic carbocycles. The summed E-state index contributed by atoms with van der Waals surface area (Å²) in [5.41, 5.74) is 11.9. The largest absolute Gasteiger partial charge is 0.437 e. The summed E-state index contributed by atoms with van der Waals surface area (Å²) >= 11 is 0. The Bertz CT molecular complexity index is 1540. The molecule has 0 saturated heterocycles. The zero-order chi connectivity index (χ0) is 21.5. The highest BCUT2D eigenvalue weighted by Crippen LogP contribution is 2.49. The number of rotatable bonds is 1. The SMILES string of the molecule is Cc1cnc(-c2c(C)ccc3c2oc2nc4c(cc23)C(C)(C)c2ccccc2-4)cc1C. The first-order chi connectivity index (χ1) is 14.9. The lowest BCUT2D eigenvalue weighted by Gasteiger charge is -2.20. The van der Waals surface area contributed by atoms with Gasteiger partial charge in [0, 0.05) is 33.5 Å². The minimum atomic E-state index is -0.0835. The van der Waals surface area contributed by atoms with Gasteiger partial charge in [-0.25, -0.2) is 4.98 Å². The molecule has 3 heterocycles. The van der Waals surface area contributed by atoms with Crippen molar-refractivity contribution in [2.75, 3.05) is 0 Å². The lowest BCUT2D eigenvalue weighted by Crippen LogP contribution is -2.14. The van der Waals surface area contributed by atoms with Crippen molar-refractivity contribution in [3.63, 3.8) is 0 Å². The van der Waals surface area contributed by atoms with Gasteiger partial charge in [-0.15, -0.1) is 0 Å². The summed E-state index contributed by atoms with van der Waals surface area (Å²) in [6, 6.07) is 17.3. The molecule has 0 bridgehead atoms. The maximum atomic E-state index is 6.45. The van der Waals surface area contributed by atoms with Gasteiger partial charge in [0.1, 0.15) is 5.58 Å². The number of benzene rings is 2. The van der Waals surface area contributed by atoms with Crippen LogP contribution in [0.4, 0.5) is 0 Å². The van der Waals surface area contributed by atoms with Crippen molar-refractivity contribution in [3.05, 3.63) is 82.5 Å². The van der Waals surface area contributed by atoms with Crippen molar-refractivity contribution in [1.82, 2.24) is 9.97 Å². The van der Waals surface area contributed by atoms with Crippen LogP contribution in [0.1, 0.15) is 41.7 Å². The van der Waals surface area contributed by atoms with Crippen LogP contribution in [0.15, 0.2) is 59.1 Å².